The van der Waals surface area contributed by atoms with Gasteiger partial charge in [0.1, 0.15) is 25.1 Å². The minimum absolute atomic E-state index is 0.0145. The fourth-order valence-electron chi connectivity index (χ4n) is 2.98. The Balaban J connectivity index is 1.71. The van der Waals surface area contributed by atoms with Gasteiger partial charge < -0.3 is 14.8 Å². The van der Waals surface area contributed by atoms with Crippen LogP contribution in [0, 0.1) is 12.7 Å². The number of ether oxygens (including phenoxy) is 2. The van der Waals surface area contributed by atoms with E-state index in [9.17, 15) is 17.6 Å². The standard InChI is InChI=1S/C21H25FN2O5S2/c1-14-3-4-15(11-17(14)22)13-23-21(25)18(7-10-30-2)24-31(26,27)16-5-6-19-20(12-16)29-9-8-28-19/h3-6,11-12,18,24H,7-10,13H2,1-2H3,(H,23,25). The van der Waals surface area contributed by atoms with Gasteiger partial charge in [-0.1, -0.05) is 12.1 Å². The normalized spacial score (nSPS) is 14.2. The van der Waals surface area contributed by atoms with Crippen LogP contribution in [-0.2, 0) is 21.4 Å². The number of carbonyl (C=O) groups excluding carboxylic acids is 1. The van der Waals surface area contributed by atoms with Crippen LogP contribution in [-0.4, -0.2) is 45.6 Å². The number of hydrogen-bond donors (Lipinski definition) is 2. The molecule has 0 radical (unpaired) electrons. The molecular weight excluding hydrogens is 443 g/mol. The number of hydrogen-bond acceptors (Lipinski definition) is 6. The molecule has 1 aliphatic rings. The van der Waals surface area contributed by atoms with E-state index in [1.807, 2.05) is 6.26 Å². The van der Waals surface area contributed by atoms with E-state index in [1.165, 1.54) is 36.0 Å². The van der Waals surface area contributed by atoms with Gasteiger partial charge in [0.05, 0.1) is 4.90 Å². The highest BCUT2D eigenvalue weighted by atomic mass is 32.2. The van der Waals surface area contributed by atoms with Gasteiger partial charge in [-0.3, -0.25) is 4.79 Å². The van der Waals surface area contributed by atoms with Gasteiger partial charge in [0, 0.05) is 12.6 Å². The van der Waals surface area contributed by atoms with Crippen LogP contribution in [0.2, 0.25) is 0 Å². The Morgan fingerprint density at radius 1 is 1.16 bits per heavy atom. The van der Waals surface area contributed by atoms with Crippen molar-refractivity contribution >= 4 is 27.7 Å². The molecule has 10 heteroatoms. The Labute approximate surface area is 185 Å². The van der Waals surface area contributed by atoms with Crippen LogP contribution < -0.4 is 19.5 Å². The van der Waals surface area contributed by atoms with Crippen molar-refractivity contribution < 1.29 is 27.1 Å². The van der Waals surface area contributed by atoms with Crippen LogP contribution in [0.25, 0.3) is 0 Å². The number of aryl methyl sites for hydroxylation is 1. The Morgan fingerprint density at radius 3 is 2.61 bits per heavy atom. The zero-order valence-corrected chi connectivity index (χ0v) is 18.9. The minimum Gasteiger partial charge on any atom is -0.486 e. The molecule has 3 rings (SSSR count). The lowest BCUT2D eigenvalue weighted by atomic mass is 10.1. The van der Waals surface area contributed by atoms with E-state index < -0.39 is 22.0 Å². The van der Waals surface area contributed by atoms with Crippen LogP contribution in [0.15, 0.2) is 41.3 Å². The fraction of sp³-hybridized carbons (Fsp3) is 0.381. The monoisotopic (exact) mass is 468 g/mol. The van der Waals surface area contributed by atoms with E-state index in [0.29, 0.717) is 48.0 Å². The summed E-state index contributed by atoms with van der Waals surface area (Å²) in [6, 6.07) is 8.06. The van der Waals surface area contributed by atoms with Crippen LogP contribution in [0.3, 0.4) is 0 Å². The zero-order chi connectivity index (χ0) is 22.4. The number of nitrogens with one attached hydrogen (secondary N) is 2. The predicted octanol–water partition coefficient (Wildman–Crippen LogP) is 2.62. The number of thioether (sulfide) groups is 1. The first-order valence-electron chi connectivity index (χ1n) is 9.74. The SMILES string of the molecule is CSCCC(NS(=O)(=O)c1ccc2c(c1)OCCO2)C(=O)NCc1ccc(C)c(F)c1. The largest absolute Gasteiger partial charge is 0.486 e. The van der Waals surface area contributed by atoms with Gasteiger partial charge in [-0.2, -0.15) is 16.5 Å². The molecule has 7 nitrogen and oxygen atoms in total. The lowest BCUT2D eigenvalue weighted by Crippen LogP contribution is -2.46. The summed E-state index contributed by atoms with van der Waals surface area (Å²) >= 11 is 1.50. The second-order valence-corrected chi connectivity index (χ2v) is 9.76. The molecule has 0 aliphatic carbocycles. The number of halogens is 1. The third-order valence-corrected chi connectivity index (χ3v) is 6.86. The molecule has 0 saturated heterocycles. The zero-order valence-electron chi connectivity index (χ0n) is 17.3. The van der Waals surface area contributed by atoms with E-state index in [2.05, 4.69) is 10.0 Å². The lowest BCUT2D eigenvalue weighted by Gasteiger charge is -2.21. The number of carbonyl (C=O) groups is 1. The molecule has 0 spiro atoms. The maximum absolute atomic E-state index is 13.7. The summed E-state index contributed by atoms with van der Waals surface area (Å²) in [6.07, 6.45) is 2.18. The molecule has 0 saturated carbocycles. The molecule has 1 heterocycles. The number of amides is 1. The smallest absolute Gasteiger partial charge is 0.241 e. The topological polar surface area (TPSA) is 93.7 Å². The number of benzene rings is 2. The van der Waals surface area contributed by atoms with Crippen LogP contribution >= 0.6 is 11.8 Å². The number of fused-ring (bicyclic) bond motifs is 1. The fourth-order valence-corrected chi connectivity index (χ4v) is 4.70. The molecule has 1 amide bonds. The highest BCUT2D eigenvalue weighted by molar-refractivity contribution is 7.98. The molecular formula is C21H25FN2O5S2. The van der Waals surface area contributed by atoms with Crippen LogP contribution in [0.5, 0.6) is 11.5 Å². The first-order chi connectivity index (χ1) is 14.8. The highest BCUT2D eigenvalue weighted by Crippen LogP contribution is 2.32. The van der Waals surface area contributed by atoms with Gasteiger partial charge in [-0.15, -0.1) is 0 Å². The molecule has 2 aromatic rings. The van der Waals surface area contributed by atoms with Gasteiger partial charge in [-0.05, 0) is 54.7 Å². The summed E-state index contributed by atoms with van der Waals surface area (Å²) in [6.45, 7) is 2.49. The second kappa shape index (κ2) is 10.3. The number of sulfonamides is 1. The van der Waals surface area contributed by atoms with Gasteiger partial charge in [0.2, 0.25) is 15.9 Å². The van der Waals surface area contributed by atoms with Crippen molar-refractivity contribution in [3.8, 4) is 11.5 Å². The van der Waals surface area contributed by atoms with Crippen LogP contribution in [0.1, 0.15) is 17.5 Å². The highest BCUT2D eigenvalue weighted by Gasteiger charge is 2.27. The molecule has 168 valence electrons. The quantitative estimate of drug-likeness (QED) is 0.588. The first-order valence-corrected chi connectivity index (χ1v) is 12.6. The molecule has 31 heavy (non-hydrogen) atoms. The van der Waals surface area contributed by atoms with Crippen molar-refractivity contribution in [1.29, 1.82) is 0 Å². The average Bonchev–Trinajstić information content (AvgIpc) is 2.76. The Bertz CT molecular complexity index is 1050. The molecule has 0 aromatic heterocycles. The van der Waals surface area contributed by atoms with Gasteiger partial charge in [-0.25, -0.2) is 12.8 Å². The van der Waals surface area contributed by atoms with E-state index in [-0.39, 0.29) is 17.3 Å². The number of rotatable bonds is 9. The summed E-state index contributed by atoms with van der Waals surface area (Å²) in [5.41, 5.74) is 1.11. The van der Waals surface area contributed by atoms with E-state index in [1.54, 1.807) is 19.1 Å². The van der Waals surface area contributed by atoms with Gasteiger partial charge in [0.15, 0.2) is 11.5 Å². The van der Waals surface area contributed by atoms with Crippen molar-refractivity contribution in [3.05, 3.63) is 53.3 Å². The van der Waals surface area contributed by atoms with Crippen LogP contribution in [0.4, 0.5) is 4.39 Å². The van der Waals surface area contributed by atoms with Crippen molar-refractivity contribution in [2.24, 2.45) is 0 Å². The molecule has 2 N–H and O–H groups in total. The summed E-state index contributed by atoms with van der Waals surface area (Å²) in [5.74, 6) is 0.579. The van der Waals surface area contributed by atoms with Crippen molar-refractivity contribution in [2.45, 2.75) is 30.8 Å². The molecule has 0 fully saturated rings. The van der Waals surface area contributed by atoms with Crippen molar-refractivity contribution in [3.63, 3.8) is 0 Å². The Hall–Kier alpha value is -2.30. The van der Waals surface area contributed by atoms with Gasteiger partial charge in [0.25, 0.3) is 0 Å². The third-order valence-electron chi connectivity index (χ3n) is 4.75. The Kier molecular flexibility index (Phi) is 7.79. The maximum atomic E-state index is 13.7. The van der Waals surface area contributed by atoms with E-state index in [0.717, 1.165) is 0 Å². The maximum Gasteiger partial charge on any atom is 0.241 e. The van der Waals surface area contributed by atoms with E-state index in [4.69, 9.17) is 9.47 Å². The molecule has 0 bridgehead atoms. The minimum atomic E-state index is -3.98. The van der Waals surface area contributed by atoms with Crippen molar-refractivity contribution in [1.82, 2.24) is 10.0 Å². The predicted molar refractivity (Wildman–Crippen MR) is 118 cm³/mol. The molecule has 1 unspecified atom stereocenters. The van der Waals surface area contributed by atoms with E-state index >= 15 is 0 Å². The van der Waals surface area contributed by atoms with Crippen molar-refractivity contribution in [2.75, 3.05) is 25.2 Å². The molecule has 1 aliphatic heterocycles. The lowest BCUT2D eigenvalue weighted by molar-refractivity contribution is -0.122. The molecule has 2 aromatic carbocycles. The summed E-state index contributed by atoms with van der Waals surface area (Å²) in [7, 11) is -3.98. The second-order valence-electron chi connectivity index (χ2n) is 7.06. The summed E-state index contributed by atoms with van der Waals surface area (Å²) < 4.78 is 52.9. The molecule has 1 atom stereocenters. The third kappa shape index (κ3) is 6.11. The Morgan fingerprint density at radius 2 is 1.90 bits per heavy atom. The first kappa shape index (κ1) is 23.4. The average molecular weight is 469 g/mol. The summed E-state index contributed by atoms with van der Waals surface area (Å²) in [5, 5.41) is 2.69. The summed E-state index contributed by atoms with van der Waals surface area (Å²) in [4.78, 5) is 12.7. The van der Waals surface area contributed by atoms with Gasteiger partial charge >= 0.3 is 0 Å².